The number of benzene rings is 5. The lowest BCUT2D eigenvalue weighted by molar-refractivity contribution is -0.144. The van der Waals surface area contributed by atoms with Crippen LogP contribution >= 0.6 is 0 Å². The van der Waals surface area contributed by atoms with Crippen LogP contribution in [0, 0.1) is 23.4 Å². The Hall–Kier alpha value is -7.53. The molecule has 0 bridgehead atoms. The number of amides is 6. The van der Waals surface area contributed by atoms with E-state index in [4.69, 9.17) is 9.47 Å². The van der Waals surface area contributed by atoms with Crippen molar-refractivity contribution in [3.8, 4) is 0 Å². The van der Waals surface area contributed by atoms with E-state index in [9.17, 15) is 33.2 Å². The van der Waals surface area contributed by atoms with Crippen molar-refractivity contribution < 1.29 is 51.4 Å². The third kappa shape index (κ3) is 13.1. The molecule has 7 atom stereocenters. The average Bonchev–Trinajstić information content (AvgIpc) is 3.02. The Kier molecular flexibility index (Phi) is 18.3. The Balaban J connectivity index is 0.862. The fourth-order valence-electron chi connectivity index (χ4n) is 12.1. The molecule has 0 aliphatic carbocycles. The number of nitrogens with zero attached hydrogens (tertiary/aromatic N) is 4. The molecule has 0 spiro atoms. The number of carbonyl (C=O) groups is 6. The third-order valence-electron chi connectivity index (χ3n) is 17.2. The molecule has 5 aliphatic rings. The summed E-state index contributed by atoms with van der Waals surface area (Å²) in [6.45, 7) is 12.8. The molecule has 3 fully saturated rings. The van der Waals surface area contributed by atoms with Gasteiger partial charge < -0.3 is 51.2 Å². The van der Waals surface area contributed by atoms with Crippen LogP contribution in [-0.2, 0) is 51.8 Å². The van der Waals surface area contributed by atoms with Crippen LogP contribution in [0.2, 0.25) is 0 Å². The second-order valence-corrected chi connectivity index (χ2v) is 23.1. The van der Waals surface area contributed by atoms with Gasteiger partial charge in [-0.2, -0.15) is 0 Å². The van der Waals surface area contributed by atoms with Crippen LogP contribution in [0.25, 0.3) is 0 Å². The zero-order valence-corrected chi connectivity index (χ0v) is 47.9. The molecule has 5 heterocycles. The first kappa shape index (κ1) is 59.6. The SMILES string of the molecule is CNC(C)C(=O)NC(C(=O)N1Cc2ccc(NC(=O)c3ccc(NC(=O)C4(C)CN(C(=O)CN5C[C@@H](C)NC[C@@H]5CN5CCOC[C@H]5C)c5cc(Cc6ccc(F)cc6)ccc54)cc3)cc2[C@H]1C(=O)Nc1c(F)cccc1F)C1CCOCC1. The predicted octanol–water partition coefficient (Wildman–Crippen LogP) is 6.11. The minimum Gasteiger partial charge on any atom is -0.381 e. The van der Waals surface area contributed by atoms with Gasteiger partial charge in [0.1, 0.15) is 35.2 Å². The maximum atomic E-state index is 15.0. The summed E-state index contributed by atoms with van der Waals surface area (Å²) in [6.07, 6.45) is 1.39. The summed E-state index contributed by atoms with van der Waals surface area (Å²) in [4.78, 5) is 93.7. The van der Waals surface area contributed by atoms with Gasteiger partial charge in [0.15, 0.2) is 0 Å². The molecule has 0 aromatic heterocycles. The molecule has 444 valence electrons. The first-order valence-electron chi connectivity index (χ1n) is 28.8. The van der Waals surface area contributed by atoms with Gasteiger partial charge >= 0.3 is 0 Å². The number of hydrogen-bond donors (Lipinski definition) is 6. The number of halogens is 3. The zero-order chi connectivity index (χ0) is 59.4. The molecule has 10 rings (SSSR count). The number of fused-ring (bicyclic) bond motifs is 2. The topological polar surface area (TPSA) is 206 Å². The predicted molar refractivity (Wildman–Crippen MR) is 312 cm³/mol. The minimum absolute atomic E-state index is 0.0663. The number of anilines is 4. The Bertz CT molecular complexity index is 3250. The standard InChI is InChI=1S/C63H73F3N10O8/c1-37-31-74(48(30-68-37)33-73-23-26-84-35-38(73)2)34-54(77)76-36-63(4,50-20-11-41(28-53(50)76)27-40-9-15-45(64)16-10-40)62(82)70-46-17-12-43(13-18-46)59(79)69-47-19-14-44-32-75(57(49(44)29-47)60(80)72-56-51(65)7-6-8-52(56)66)61(81)55(42-21-24-83-25-22-42)71-58(78)39(3)67-5/h6-20,28-29,37-39,42,48,55,57,67-68H,21-27,30-36H2,1-5H3,(H,69,79)(H,70,82)(H,71,78)(H,72,80)/t37-,38-,39?,48-,55?,57+,63?/m1/s1. The average molecular weight is 1160 g/mol. The molecular formula is C63H73F3N10O8. The van der Waals surface area contributed by atoms with E-state index in [1.807, 2.05) is 25.1 Å². The first-order valence-corrected chi connectivity index (χ1v) is 28.8. The molecule has 0 saturated carbocycles. The van der Waals surface area contributed by atoms with Crippen molar-refractivity contribution in [2.24, 2.45) is 5.92 Å². The van der Waals surface area contributed by atoms with Crippen LogP contribution in [0.3, 0.4) is 0 Å². The Labute approximate surface area is 487 Å². The highest BCUT2D eigenvalue weighted by Gasteiger charge is 2.48. The molecule has 5 aromatic carbocycles. The number of piperazine rings is 1. The highest BCUT2D eigenvalue weighted by atomic mass is 19.1. The van der Waals surface area contributed by atoms with Crippen molar-refractivity contribution in [1.29, 1.82) is 0 Å². The van der Waals surface area contributed by atoms with Gasteiger partial charge in [0.05, 0.1) is 31.2 Å². The van der Waals surface area contributed by atoms with Crippen molar-refractivity contribution in [3.63, 3.8) is 0 Å². The maximum absolute atomic E-state index is 15.0. The largest absolute Gasteiger partial charge is 0.381 e. The van der Waals surface area contributed by atoms with Crippen molar-refractivity contribution in [2.75, 3.05) is 93.6 Å². The lowest BCUT2D eigenvalue weighted by atomic mass is 9.83. The molecule has 84 heavy (non-hydrogen) atoms. The van der Waals surface area contributed by atoms with E-state index < -0.39 is 64.5 Å². The highest BCUT2D eigenvalue weighted by Crippen LogP contribution is 2.43. The van der Waals surface area contributed by atoms with Gasteiger partial charge in [-0.25, -0.2) is 13.2 Å². The van der Waals surface area contributed by atoms with Crippen LogP contribution in [0.4, 0.5) is 35.9 Å². The quantitative estimate of drug-likeness (QED) is 0.0624. The van der Waals surface area contributed by atoms with Gasteiger partial charge in [0, 0.05) is 93.2 Å². The van der Waals surface area contributed by atoms with E-state index in [-0.39, 0.29) is 72.6 Å². The molecular weight excluding hydrogens is 1080 g/mol. The maximum Gasteiger partial charge on any atom is 0.255 e. The van der Waals surface area contributed by atoms with Crippen LogP contribution in [0.1, 0.15) is 84.8 Å². The Morgan fingerprint density at radius 2 is 1.51 bits per heavy atom. The van der Waals surface area contributed by atoms with E-state index in [0.717, 1.165) is 49.0 Å². The van der Waals surface area contributed by atoms with E-state index >= 15 is 8.78 Å². The van der Waals surface area contributed by atoms with Crippen molar-refractivity contribution in [2.45, 2.75) is 95.2 Å². The number of para-hydroxylation sites is 1. The molecule has 18 nitrogen and oxygen atoms in total. The summed E-state index contributed by atoms with van der Waals surface area (Å²) in [7, 11) is 1.61. The second kappa shape index (κ2) is 25.8. The molecule has 5 aliphatic heterocycles. The summed E-state index contributed by atoms with van der Waals surface area (Å²) < 4.78 is 55.2. The van der Waals surface area contributed by atoms with Crippen LogP contribution in [0.15, 0.2) is 103 Å². The summed E-state index contributed by atoms with van der Waals surface area (Å²) in [5.41, 5.74) is 2.86. The summed E-state index contributed by atoms with van der Waals surface area (Å²) in [5.74, 6) is -5.70. The lowest BCUT2D eigenvalue weighted by Gasteiger charge is -2.43. The van der Waals surface area contributed by atoms with E-state index in [1.165, 1.54) is 23.1 Å². The fourth-order valence-corrected chi connectivity index (χ4v) is 12.1. The van der Waals surface area contributed by atoms with Crippen molar-refractivity contribution in [3.05, 3.63) is 154 Å². The minimum atomic E-state index is -1.44. The number of carbonyl (C=O) groups excluding carboxylic acids is 6. The molecule has 3 unspecified atom stereocenters. The molecule has 6 amide bonds. The number of nitrogens with one attached hydrogen (secondary N) is 6. The van der Waals surface area contributed by atoms with Gasteiger partial charge in [-0.3, -0.25) is 38.6 Å². The van der Waals surface area contributed by atoms with Gasteiger partial charge in [-0.05, 0) is 154 Å². The van der Waals surface area contributed by atoms with Gasteiger partial charge in [0.25, 0.3) is 11.8 Å². The molecule has 6 N–H and O–H groups in total. The van der Waals surface area contributed by atoms with E-state index in [0.29, 0.717) is 80.3 Å². The van der Waals surface area contributed by atoms with Crippen molar-refractivity contribution in [1.82, 2.24) is 30.7 Å². The highest BCUT2D eigenvalue weighted by molar-refractivity contribution is 6.08. The first-order chi connectivity index (χ1) is 40.4. The van der Waals surface area contributed by atoms with E-state index in [1.54, 1.807) is 67.4 Å². The number of morpholine rings is 1. The fraction of sp³-hybridized carbons (Fsp3) is 0.429. The third-order valence-corrected chi connectivity index (χ3v) is 17.2. The summed E-state index contributed by atoms with van der Waals surface area (Å²) >= 11 is 0. The summed E-state index contributed by atoms with van der Waals surface area (Å²) in [6, 6.07) is 23.6. The normalized spacial score (nSPS) is 22.6. The molecule has 0 radical (unpaired) electrons. The van der Waals surface area contributed by atoms with Gasteiger partial charge in [0.2, 0.25) is 23.6 Å². The monoisotopic (exact) mass is 1150 g/mol. The molecule has 21 heteroatoms. The Morgan fingerprint density at radius 1 is 0.798 bits per heavy atom. The lowest BCUT2D eigenvalue weighted by Crippen LogP contribution is -2.62. The van der Waals surface area contributed by atoms with Crippen LogP contribution in [-0.4, -0.2) is 153 Å². The summed E-state index contributed by atoms with van der Waals surface area (Å²) in [5, 5.41) is 17.6. The molecule has 5 aromatic rings. The zero-order valence-electron chi connectivity index (χ0n) is 47.9. The number of hydrogen-bond acceptors (Lipinski definition) is 12. The number of rotatable bonds is 17. The molecule has 3 saturated heterocycles. The van der Waals surface area contributed by atoms with Crippen LogP contribution in [0.5, 0.6) is 0 Å². The van der Waals surface area contributed by atoms with Gasteiger partial charge in [-0.15, -0.1) is 0 Å². The van der Waals surface area contributed by atoms with Gasteiger partial charge in [-0.1, -0.05) is 36.4 Å². The number of ether oxygens (including phenoxy) is 2. The number of likely N-dealkylation sites (N-methyl/N-ethyl adjacent to an activating group) is 1. The second-order valence-electron chi connectivity index (χ2n) is 23.1. The Morgan fingerprint density at radius 3 is 2.23 bits per heavy atom. The van der Waals surface area contributed by atoms with Crippen molar-refractivity contribution >= 4 is 58.2 Å². The smallest absolute Gasteiger partial charge is 0.255 e. The van der Waals surface area contributed by atoms with E-state index in [2.05, 4.69) is 55.5 Å². The van der Waals surface area contributed by atoms with Crippen LogP contribution < -0.4 is 36.8 Å².